The highest BCUT2D eigenvalue weighted by molar-refractivity contribution is 9.10. The van der Waals surface area contributed by atoms with E-state index in [1.807, 2.05) is 84.9 Å². The highest BCUT2D eigenvalue weighted by Gasteiger charge is 2.34. The number of hydrogen-bond acceptors (Lipinski definition) is 5. The molecule has 1 heterocycles. The number of halogens is 1. The van der Waals surface area contributed by atoms with Gasteiger partial charge in [0.05, 0.1) is 26.3 Å². The monoisotopic (exact) mass is 584 g/mol. The number of hydrogen-bond donors (Lipinski definition) is 1. The van der Waals surface area contributed by atoms with Gasteiger partial charge in [0.1, 0.15) is 12.4 Å². The molecule has 6 nitrogen and oxygen atoms in total. The van der Waals surface area contributed by atoms with Crippen LogP contribution in [0, 0.1) is 0 Å². The second-order valence-corrected chi connectivity index (χ2v) is 10.2. The number of ether oxygens (including phenoxy) is 1. The van der Waals surface area contributed by atoms with E-state index in [1.165, 1.54) is 11.8 Å². The van der Waals surface area contributed by atoms with Gasteiger partial charge in [-0.2, -0.15) is 0 Å². The number of aromatic carboxylic acids is 1. The summed E-state index contributed by atoms with van der Waals surface area (Å²) < 4.78 is 6.65. The minimum atomic E-state index is -0.964. The quantitative estimate of drug-likeness (QED) is 0.227. The van der Waals surface area contributed by atoms with Gasteiger partial charge in [-0.1, -0.05) is 54.6 Å². The first-order valence-electron chi connectivity index (χ1n) is 11.7. The first-order chi connectivity index (χ1) is 18.5. The lowest BCUT2D eigenvalue weighted by atomic mass is 10.1. The number of thioether (sulfide) groups is 1. The van der Waals surface area contributed by atoms with Crippen LogP contribution in [-0.2, 0) is 11.4 Å². The number of carboxylic acid groups (broad SMARTS) is 1. The maximum Gasteiger partial charge on any atom is 0.335 e. The summed E-state index contributed by atoms with van der Waals surface area (Å²) in [5.74, 6) is -0.469. The Morgan fingerprint density at radius 3 is 2.29 bits per heavy atom. The van der Waals surface area contributed by atoms with Crippen molar-refractivity contribution in [2.75, 3.05) is 4.90 Å². The number of anilines is 1. The Morgan fingerprint density at radius 2 is 1.63 bits per heavy atom. The molecular formula is C30H21BrN2O4S. The second-order valence-electron chi connectivity index (χ2n) is 8.30. The number of rotatable bonds is 7. The number of amidine groups is 1. The predicted octanol–water partition coefficient (Wildman–Crippen LogP) is 7.53. The SMILES string of the molecule is O=C(O)c1ccc(COc2ccc(/C=C3/SC(=Nc4ccccc4)N(c4ccccc4)C3=O)cc2Br)cc1. The number of aliphatic imine (C=N–C) groups is 1. The minimum Gasteiger partial charge on any atom is -0.488 e. The van der Waals surface area contributed by atoms with E-state index in [0.29, 0.717) is 22.4 Å². The lowest BCUT2D eigenvalue weighted by Gasteiger charge is -2.15. The highest BCUT2D eigenvalue weighted by Crippen LogP contribution is 2.38. The fourth-order valence-corrected chi connectivity index (χ4v) is 5.26. The van der Waals surface area contributed by atoms with Crippen LogP contribution in [0.1, 0.15) is 21.5 Å². The molecule has 0 spiro atoms. The van der Waals surface area contributed by atoms with Crippen molar-refractivity contribution in [2.45, 2.75) is 6.61 Å². The van der Waals surface area contributed by atoms with E-state index in [4.69, 9.17) is 14.8 Å². The molecule has 0 bridgehead atoms. The van der Waals surface area contributed by atoms with Gasteiger partial charge in [0.2, 0.25) is 0 Å². The van der Waals surface area contributed by atoms with Crippen molar-refractivity contribution in [3.05, 3.63) is 129 Å². The van der Waals surface area contributed by atoms with Crippen molar-refractivity contribution in [1.82, 2.24) is 0 Å². The second kappa shape index (κ2) is 11.5. The van der Waals surface area contributed by atoms with Crippen LogP contribution in [0.3, 0.4) is 0 Å². The van der Waals surface area contributed by atoms with Gasteiger partial charge in [-0.15, -0.1) is 0 Å². The largest absolute Gasteiger partial charge is 0.488 e. The van der Waals surface area contributed by atoms with E-state index in [9.17, 15) is 9.59 Å². The third-order valence-electron chi connectivity index (χ3n) is 5.65. The first-order valence-corrected chi connectivity index (χ1v) is 13.3. The van der Waals surface area contributed by atoms with E-state index in [2.05, 4.69) is 15.9 Å². The molecule has 1 fully saturated rings. The Hall–Kier alpha value is -4.14. The van der Waals surface area contributed by atoms with Crippen LogP contribution in [0.15, 0.2) is 117 Å². The number of nitrogens with zero attached hydrogens (tertiary/aromatic N) is 2. The highest BCUT2D eigenvalue weighted by atomic mass is 79.9. The van der Waals surface area contributed by atoms with Gasteiger partial charge in [-0.25, -0.2) is 9.79 Å². The number of carbonyl (C=O) groups is 2. The fourth-order valence-electron chi connectivity index (χ4n) is 3.75. The molecule has 1 aliphatic rings. The van der Waals surface area contributed by atoms with Crippen molar-refractivity contribution in [3.8, 4) is 5.75 Å². The third-order valence-corrected chi connectivity index (χ3v) is 7.24. The topological polar surface area (TPSA) is 79.2 Å². The third kappa shape index (κ3) is 5.88. The molecule has 38 heavy (non-hydrogen) atoms. The van der Waals surface area contributed by atoms with Crippen LogP contribution in [0.25, 0.3) is 6.08 Å². The molecule has 0 radical (unpaired) electrons. The zero-order valence-corrected chi connectivity index (χ0v) is 22.4. The van der Waals surface area contributed by atoms with Gasteiger partial charge in [0.15, 0.2) is 5.17 Å². The lowest BCUT2D eigenvalue weighted by Crippen LogP contribution is -2.28. The summed E-state index contributed by atoms with van der Waals surface area (Å²) in [4.78, 5) is 31.4. The molecule has 4 aromatic carbocycles. The summed E-state index contributed by atoms with van der Waals surface area (Å²) in [5.41, 5.74) is 3.44. The zero-order valence-electron chi connectivity index (χ0n) is 20.0. The van der Waals surface area contributed by atoms with Gasteiger partial charge in [-0.05, 0) is 93.4 Å². The number of carboxylic acids is 1. The summed E-state index contributed by atoms with van der Waals surface area (Å²) in [6.07, 6.45) is 1.84. The molecule has 4 aromatic rings. The maximum absolute atomic E-state index is 13.5. The Balaban J connectivity index is 1.36. The van der Waals surface area contributed by atoms with Gasteiger partial charge < -0.3 is 9.84 Å². The molecule has 0 aromatic heterocycles. The first kappa shape index (κ1) is 25.5. The zero-order chi connectivity index (χ0) is 26.5. The molecule has 8 heteroatoms. The maximum atomic E-state index is 13.5. The van der Waals surface area contributed by atoms with E-state index in [-0.39, 0.29) is 11.5 Å². The summed E-state index contributed by atoms with van der Waals surface area (Å²) in [6, 6.07) is 31.2. The molecule has 1 saturated heterocycles. The fraction of sp³-hybridized carbons (Fsp3) is 0.0333. The standard InChI is InChI=1S/C30H21BrN2O4S/c31-25-17-21(13-16-26(25)37-19-20-11-14-22(15-12-20)29(35)36)18-27-28(34)33(24-9-5-2-6-10-24)30(38-27)32-23-7-3-1-4-8-23/h1-18H,19H2,(H,35,36)/b27-18+,32-30?. The van der Waals surface area contributed by atoms with E-state index in [0.717, 1.165) is 27.0 Å². The molecule has 0 unspecified atom stereocenters. The molecule has 1 amide bonds. The van der Waals surface area contributed by atoms with Crippen molar-refractivity contribution in [2.24, 2.45) is 4.99 Å². The van der Waals surface area contributed by atoms with Gasteiger partial charge in [-0.3, -0.25) is 9.69 Å². The van der Waals surface area contributed by atoms with Crippen molar-refractivity contribution in [1.29, 1.82) is 0 Å². The van der Waals surface area contributed by atoms with Crippen LogP contribution in [0.2, 0.25) is 0 Å². The molecule has 0 atom stereocenters. The van der Waals surface area contributed by atoms with Crippen LogP contribution in [-0.4, -0.2) is 22.2 Å². The minimum absolute atomic E-state index is 0.142. The Bertz CT molecular complexity index is 1540. The average molecular weight is 585 g/mol. The average Bonchev–Trinajstić information content (AvgIpc) is 3.23. The van der Waals surface area contributed by atoms with Crippen LogP contribution in [0.5, 0.6) is 5.75 Å². The summed E-state index contributed by atoms with van der Waals surface area (Å²) >= 11 is 4.89. The van der Waals surface area contributed by atoms with Crippen LogP contribution in [0.4, 0.5) is 11.4 Å². The van der Waals surface area contributed by atoms with Crippen molar-refractivity contribution >= 4 is 62.2 Å². The summed E-state index contributed by atoms with van der Waals surface area (Å²) in [7, 11) is 0. The number of benzene rings is 4. The summed E-state index contributed by atoms with van der Waals surface area (Å²) in [6.45, 7) is 0.290. The van der Waals surface area contributed by atoms with Crippen LogP contribution >= 0.6 is 27.7 Å². The van der Waals surface area contributed by atoms with E-state index in [1.54, 1.807) is 29.2 Å². The molecular weight excluding hydrogens is 564 g/mol. The number of carbonyl (C=O) groups excluding carboxylic acids is 1. The summed E-state index contributed by atoms with van der Waals surface area (Å²) in [5, 5.41) is 9.63. The predicted molar refractivity (Wildman–Crippen MR) is 155 cm³/mol. The van der Waals surface area contributed by atoms with Gasteiger partial charge in [0.25, 0.3) is 5.91 Å². The molecule has 1 N–H and O–H groups in total. The molecule has 188 valence electrons. The van der Waals surface area contributed by atoms with E-state index >= 15 is 0 Å². The number of para-hydroxylation sites is 2. The Labute approximate surface area is 232 Å². The van der Waals surface area contributed by atoms with Crippen molar-refractivity contribution < 1.29 is 19.4 Å². The van der Waals surface area contributed by atoms with Crippen molar-refractivity contribution in [3.63, 3.8) is 0 Å². The molecule has 5 rings (SSSR count). The molecule has 0 aliphatic carbocycles. The van der Waals surface area contributed by atoms with Gasteiger partial charge in [0, 0.05) is 0 Å². The van der Waals surface area contributed by atoms with E-state index < -0.39 is 5.97 Å². The number of amides is 1. The molecule has 0 saturated carbocycles. The van der Waals surface area contributed by atoms with Crippen LogP contribution < -0.4 is 9.64 Å². The normalized spacial score (nSPS) is 15.3. The smallest absolute Gasteiger partial charge is 0.335 e. The Morgan fingerprint density at radius 1 is 0.947 bits per heavy atom. The van der Waals surface area contributed by atoms with Gasteiger partial charge >= 0.3 is 5.97 Å². The Kier molecular flexibility index (Phi) is 7.72. The lowest BCUT2D eigenvalue weighted by molar-refractivity contribution is -0.113. The molecule has 1 aliphatic heterocycles.